The predicted octanol–water partition coefficient (Wildman–Crippen LogP) is 4.20. The van der Waals surface area contributed by atoms with Gasteiger partial charge in [-0.15, -0.1) is 0 Å². The first kappa shape index (κ1) is 12.6. The van der Waals surface area contributed by atoms with E-state index >= 15 is 0 Å². The highest BCUT2D eigenvalue weighted by atomic mass is 79.9. The van der Waals surface area contributed by atoms with Gasteiger partial charge in [0.05, 0.1) is 0 Å². The van der Waals surface area contributed by atoms with Crippen molar-refractivity contribution in [2.45, 2.75) is 16.3 Å². The third kappa shape index (κ3) is 3.56. The molecule has 17 heavy (non-hydrogen) atoms. The first-order valence-corrected chi connectivity index (χ1v) is 6.71. The average Bonchev–Trinajstić information content (AvgIpc) is 2.31. The fourth-order valence-electron chi connectivity index (χ4n) is 1.44. The summed E-state index contributed by atoms with van der Waals surface area (Å²) >= 11 is 5.04. The summed E-state index contributed by atoms with van der Waals surface area (Å²) in [4.78, 5) is 2.10. The molecule has 4 heteroatoms. The quantitative estimate of drug-likeness (QED) is 0.919. The van der Waals surface area contributed by atoms with Crippen molar-refractivity contribution in [2.75, 3.05) is 0 Å². The van der Waals surface area contributed by atoms with Crippen LogP contribution in [0.3, 0.4) is 0 Å². The summed E-state index contributed by atoms with van der Waals surface area (Å²) in [5.41, 5.74) is 6.69. The van der Waals surface area contributed by atoms with Gasteiger partial charge in [-0.3, -0.25) is 0 Å². The molecule has 2 aromatic rings. The molecule has 0 fully saturated rings. The molecule has 1 nitrogen and oxygen atoms in total. The molecule has 0 radical (unpaired) electrons. The molecular weight excluding hydrogens is 301 g/mol. The molecular formula is C13H11BrFNS. The average molecular weight is 312 g/mol. The number of nitrogens with two attached hydrogens (primary N) is 1. The molecule has 0 amide bonds. The fourth-order valence-corrected chi connectivity index (χ4v) is 3.07. The molecule has 0 atom stereocenters. The Hall–Kier alpha value is -0.840. The van der Waals surface area contributed by atoms with E-state index in [1.165, 1.54) is 12.1 Å². The monoisotopic (exact) mass is 311 g/mol. The predicted molar refractivity (Wildman–Crippen MR) is 72.6 cm³/mol. The minimum Gasteiger partial charge on any atom is -0.326 e. The van der Waals surface area contributed by atoms with Gasteiger partial charge >= 0.3 is 0 Å². The standard InChI is InChI=1S/C13H11BrFNS/c14-10-5-9(8-16)6-13(7-10)17-12-3-1-11(15)2-4-12/h1-7H,8,16H2. The molecule has 0 spiro atoms. The van der Waals surface area contributed by atoms with Crippen LogP contribution in [0.4, 0.5) is 4.39 Å². The summed E-state index contributed by atoms with van der Waals surface area (Å²) in [6, 6.07) is 12.5. The molecule has 2 aromatic carbocycles. The van der Waals surface area contributed by atoms with Crippen LogP contribution in [0.1, 0.15) is 5.56 Å². The third-order valence-corrected chi connectivity index (χ3v) is 3.65. The minimum atomic E-state index is -0.216. The summed E-state index contributed by atoms with van der Waals surface area (Å²) in [5, 5.41) is 0. The van der Waals surface area contributed by atoms with Gasteiger partial charge in [0, 0.05) is 20.8 Å². The molecule has 0 bridgehead atoms. The van der Waals surface area contributed by atoms with Gasteiger partial charge in [-0.2, -0.15) is 0 Å². The van der Waals surface area contributed by atoms with Crippen molar-refractivity contribution >= 4 is 27.7 Å². The number of hydrogen-bond donors (Lipinski definition) is 1. The highest BCUT2D eigenvalue weighted by molar-refractivity contribution is 9.10. The lowest BCUT2D eigenvalue weighted by Gasteiger charge is -2.05. The maximum absolute atomic E-state index is 12.8. The van der Waals surface area contributed by atoms with Gasteiger partial charge in [0.15, 0.2) is 0 Å². The van der Waals surface area contributed by atoms with Crippen LogP contribution in [0.15, 0.2) is 56.7 Å². The lowest BCUT2D eigenvalue weighted by atomic mass is 10.2. The van der Waals surface area contributed by atoms with Crippen LogP contribution in [-0.4, -0.2) is 0 Å². The van der Waals surface area contributed by atoms with Crippen LogP contribution in [0, 0.1) is 5.82 Å². The minimum absolute atomic E-state index is 0.216. The summed E-state index contributed by atoms with van der Waals surface area (Å²) in [5.74, 6) is -0.216. The SMILES string of the molecule is NCc1cc(Br)cc(Sc2ccc(F)cc2)c1. The van der Waals surface area contributed by atoms with Crippen molar-refractivity contribution in [3.8, 4) is 0 Å². The maximum Gasteiger partial charge on any atom is 0.123 e. The van der Waals surface area contributed by atoms with Crippen molar-refractivity contribution < 1.29 is 4.39 Å². The van der Waals surface area contributed by atoms with Gasteiger partial charge in [-0.25, -0.2) is 4.39 Å². The zero-order chi connectivity index (χ0) is 12.3. The molecule has 0 heterocycles. The lowest BCUT2D eigenvalue weighted by Crippen LogP contribution is -1.96. The van der Waals surface area contributed by atoms with Gasteiger partial charge < -0.3 is 5.73 Å². The maximum atomic E-state index is 12.8. The Balaban J connectivity index is 2.23. The van der Waals surface area contributed by atoms with Crippen molar-refractivity contribution in [3.63, 3.8) is 0 Å². The largest absolute Gasteiger partial charge is 0.326 e. The Labute approximate surface area is 112 Å². The molecule has 0 aliphatic carbocycles. The van der Waals surface area contributed by atoms with Crippen LogP contribution in [0.25, 0.3) is 0 Å². The van der Waals surface area contributed by atoms with E-state index in [1.54, 1.807) is 23.9 Å². The smallest absolute Gasteiger partial charge is 0.123 e. The second-order valence-electron chi connectivity index (χ2n) is 3.56. The third-order valence-electron chi connectivity index (χ3n) is 2.22. The molecule has 2 N–H and O–H groups in total. The van der Waals surface area contributed by atoms with Crippen LogP contribution >= 0.6 is 27.7 Å². The number of halogens is 2. The summed E-state index contributed by atoms with van der Waals surface area (Å²) in [6.07, 6.45) is 0. The number of hydrogen-bond acceptors (Lipinski definition) is 2. The van der Waals surface area contributed by atoms with Crippen molar-refractivity contribution in [2.24, 2.45) is 5.73 Å². The van der Waals surface area contributed by atoms with Crippen molar-refractivity contribution in [1.29, 1.82) is 0 Å². The van der Waals surface area contributed by atoms with E-state index in [9.17, 15) is 4.39 Å². The highest BCUT2D eigenvalue weighted by Crippen LogP contribution is 2.30. The van der Waals surface area contributed by atoms with Gasteiger partial charge in [0.1, 0.15) is 5.82 Å². The van der Waals surface area contributed by atoms with E-state index < -0.39 is 0 Å². The van der Waals surface area contributed by atoms with Crippen LogP contribution in [0.2, 0.25) is 0 Å². The summed E-state index contributed by atoms with van der Waals surface area (Å²) in [7, 11) is 0. The van der Waals surface area contributed by atoms with Gasteiger partial charge in [-0.05, 0) is 48.0 Å². The zero-order valence-corrected chi connectivity index (χ0v) is 11.4. The van der Waals surface area contributed by atoms with E-state index in [4.69, 9.17) is 5.73 Å². The molecule has 0 aliphatic heterocycles. The molecule has 88 valence electrons. The van der Waals surface area contributed by atoms with Crippen molar-refractivity contribution in [3.05, 3.63) is 58.3 Å². The molecule has 0 aromatic heterocycles. The topological polar surface area (TPSA) is 26.0 Å². The van der Waals surface area contributed by atoms with Gasteiger partial charge in [0.2, 0.25) is 0 Å². The Kier molecular flexibility index (Phi) is 4.20. The summed E-state index contributed by atoms with van der Waals surface area (Å²) in [6.45, 7) is 0.510. The molecule has 2 rings (SSSR count). The molecule has 0 unspecified atom stereocenters. The van der Waals surface area contributed by atoms with Crippen LogP contribution in [0.5, 0.6) is 0 Å². The van der Waals surface area contributed by atoms with Crippen molar-refractivity contribution in [1.82, 2.24) is 0 Å². The molecule has 0 saturated carbocycles. The number of rotatable bonds is 3. The number of benzene rings is 2. The van der Waals surface area contributed by atoms with E-state index in [2.05, 4.69) is 15.9 Å². The second-order valence-corrected chi connectivity index (χ2v) is 5.62. The van der Waals surface area contributed by atoms with Crippen LogP contribution < -0.4 is 5.73 Å². The van der Waals surface area contributed by atoms with Crippen LogP contribution in [-0.2, 0) is 6.54 Å². The Morgan fingerprint density at radius 1 is 1.06 bits per heavy atom. The zero-order valence-electron chi connectivity index (χ0n) is 8.99. The van der Waals surface area contributed by atoms with E-state index in [-0.39, 0.29) is 5.82 Å². The first-order chi connectivity index (χ1) is 8.17. The van der Waals surface area contributed by atoms with E-state index in [0.717, 1.165) is 19.8 Å². The fraction of sp³-hybridized carbons (Fsp3) is 0.0769. The Morgan fingerprint density at radius 2 is 1.76 bits per heavy atom. The lowest BCUT2D eigenvalue weighted by molar-refractivity contribution is 0.626. The molecule has 0 saturated heterocycles. The Morgan fingerprint density at radius 3 is 2.41 bits per heavy atom. The highest BCUT2D eigenvalue weighted by Gasteiger charge is 2.01. The second kappa shape index (κ2) is 5.67. The Bertz CT molecular complexity index is 513. The van der Waals surface area contributed by atoms with Gasteiger partial charge in [0.25, 0.3) is 0 Å². The first-order valence-electron chi connectivity index (χ1n) is 5.10. The normalized spacial score (nSPS) is 10.5. The summed E-state index contributed by atoms with van der Waals surface area (Å²) < 4.78 is 13.8. The van der Waals surface area contributed by atoms with E-state index in [0.29, 0.717) is 6.54 Å². The van der Waals surface area contributed by atoms with Gasteiger partial charge in [-0.1, -0.05) is 27.7 Å². The van der Waals surface area contributed by atoms with E-state index in [1.807, 2.05) is 18.2 Å². The molecule has 0 aliphatic rings.